The smallest absolute Gasteiger partial charge is 0.0772 e. The Hall–Kier alpha value is -0.540. The van der Waals surface area contributed by atoms with E-state index < -0.39 is 6.10 Å². The lowest BCUT2D eigenvalue weighted by Crippen LogP contribution is -2.35. The molecule has 106 valence electrons. The highest BCUT2D eigenvalue weighted by molar-refractivity contribution is 9.10. The molecule has 1 aliphatic rings. The van der Waals surface area contributed by atoms with Gasteiger partial charge in [0.15, 0.2) is 0 Å². The lowest BCUT2D eigenvalue weighted by molar-refractivity contribution is 0.198. The van der Waals surface area contributed by atoms with Crippen LogP contribution < -0.4 is 4.90 Å². The topological polar surface area (TPSA) is 23.5 Å². The highest BCUT2D eigenvalue weighted by Crippen LogP contribution is 2.31. The molecule has 1 aromatic carbocycles. The third-order valence-corrected chi connectivity index (χ3v) is 4.97. The monoisotopic (exact) mass is 325 g/mol. The second-order valence-corrected chi connectivity index (χ2v) is 6.80. The molecule has 0 saturated carbocycles. The molecule has 3 heteroatoms. The number of hydrogen-bond donors (Lipinski definition) is 1. The Kier molecular flexibility index (Phi) is 4.91. The van der Waals surface area contributed by atoms with Crippen molar-refractivity contribution in [3.63, 3.8) is 0 Å². The molecular formula is C16H24BrNO. The molecule has 0 spiro atoms. The fourth-order valence-electron chi connectivity index (χ4n) is 2.88. The van der Waals surface area contributed by atoms with Crippen molar-refractivity contribution in [2.45, 2.75) is 39.7 Å². The Bertz CT molecular complexity index is 423. The Morgan fingerprint density at radius 1 is 1.21 bits per heavy atom. The van der Waals surface area contributed by atoms with Crippen LogP contribution in [0.3, 0.4) is 0 Å². The van der Waals surface area contributed by atoms with Crippen LogP contribution in [-0.4, -0.2) is 18.2 Å². The van der Waals surface area contributed by atoms with E-state index in [4.69, 9.17) is 0 Å². The van der Waals surface area contributed by atoms with Gasteiger partial charge in [-0.1, -0.05) is 35.8 Å². The molecular weight excluding hydrogens is 302 g/mol. The van der Waals surface area contributed by atoms with Gasteiger partial charge in [0.25, 0.3) is 0 Å². The standard InChI is InChI=1S/C16H24BrNO/c1-11(2)13-6-8-18(9-7-13)14-4-5-15(12(3)19)16(17)10-14/h4-5,10-13,19H,6-9H2,1-3H3/t12-/m1/s1. The zero-order valence-electron chi connectivity index (χ0n) is 12.1. The molecule has 0 aromatic heterocycles. The maximum absolute atomic E-state index is 9.66. The molecule has 0 bridgehead atoms. The van der Waals surface area contributed by atoms with Gasteiger partial charge in [-0.3, -0.25) is 0 Å². The number of halogens is 1. The zero-order valence-corrected chi connectivity index (χ0v) is 13.7. The predicted molar refractivity (Wildman–Crippen MR) is 84.6 cm³/mol. The zero-order chi connectivity index (χ0) is 14.0. The number of anilines is 1. The van der Waals surface area contributed by atoms with Gasteiger partial charge in [-0.05, 0) is 49.3 Å². The van der Waals surface area contributed by atoms with E-state index in [0.717, 1.165) is 35.0 Å². The van der Waals surface area contributed by atoms with Gasteiger partial charge in [0.1, 0.15) is 0 Å². The lowest BCUT2D eigenvalue weighted by atomic mass is 9.86. The van der Waals surface area contributed by atoms with E-state index in [1.807, 2.05) is 6.07 Å². The van der Waals surface area contributed by atoms with Gasteiger partial charge in [0, 0.05) is 23.2 Å². The number of aliphatic hydroxyl groups excluding tert-OH is 1. The number of nitrogens with zero attached hydrogens (tertiary/aromatic N) is 1. The summed E-state index contributed by atoms with van der Waals surface area (Å²) in [6.07, 6.45) is 2.15. The second kappa shape index (κ2) is 6.27. The molecule has 1 fully saturated rings. The van der Waals surface area contributed by atoms with E-state index in [0.29, 0.717) is 0 Å². The van der Waals surface area contributed by atoms with Crippen LogP contribution in [0.4, 0.5) is 5.69 Å². The average molecular weight is 326 g/mol. The minimum absolute atomic E-state index is 0.421. The number of rotatable bonds is 3. The van der Waals surface area contributed by atoms with Crippen molar-refractivity contribution in [3.8, 4) is 0 Å². The van der Waals surface area contributed by atoms with Gasteiger partial charge in [0.2, 0.25) is 0 Å². The minimum Gasteiger partial charge on any atom is -0.389 e. The molecule has 0 aliphatic carbocycles. The summed E-state index contributed by atoms with van der Waals surface area (Å²) in [5.41, 5.74) is 2.22. The van der Waals surface area contributed by atoms with Crippen LogP contribution in [-0.2, 0) is 0 Å². The van der Waals surface area contributed by atoms with Gasteiger partial charge >= 0.3 is 0 Å². The van der Waals surface area contributed by atoms with Gasteiger partial charge < -0.3 is 10.0 Å². The number of aliphatic hydroxyl groups is 1. The molecule has 1 saturated heterocycles. The molecule has 0 amide bonds. The van der Waals surface area contributed by atoms with Crippen molar-refractivity contribution in [1.29, 1.82) is 0 Å². The highest BCUT2D eigenvalue weighted by atomic mass is 79.9. The first kappa shape index (κ1) is 14.9. The Morgan fingerprint density at radius 2 is 1.84 bits per heavy atom. The molecule has 1 N–H and O–H groups in total. The van der Waals surface area contributed by atoms with Crippen LogP contribution >= 0.6 is 15.9 Å². The second-order valence-electron chi connectivity index (χ2n) is 5.95. The van der Waals surface area contributed by atoms with E-state index >= 15 is 0 Å². The maximum atomic E-state index is 9.66. The number of piperidine rings is 1. The van der Waals surface area contributed by atoms with Crippen molar-refractivity contribution in [1.82, 2.24) is 0 Å². The molecule has 1 heterocycles. The van der Waals surface area contributed by atoms with Crippen molar-refractivity contribution in [2.24, 2.45) is 11.8 Å². The average Bonchev–Trinajstić information content (AvgIpc) is 2.38. The summed E-state index contributed by atoms with van der Waals surface area (Å²) in [5.74, 6) is 1.67. The van der Waals surface area contributed by atoms with Gasteiger partial charge in [0.05, 0.1) is 6.10 Å². The van der Waals surface area contributed by atoms with Crippen LogP contribution in [0.1, 0.15) is 45.3 Å². The summed E-state index contributed by atoms with van der Waals surface area (Å²) in [5, 5.41) is 9.66. The fourth-order valence-corrected chi connectivity index (χ4v) is 3.57. The van der Waals surface area contributed by atoms with Crippen LogP contribution in [0.25, 0.3) is 0 Å². The molecule has 0 radical (unpaired) electrons. The van der Waals surface area contributed by atoms with E-state index in [9.17, 15) is 5.11 Å². The summed E-state index contributed by atoms with van der Waals surface area (Å²) in [4.78, 5) is 2.45. The summed E-state index contributed by atoms with van der Waals surface area (Å²) >= 11 is 3.56. The van der Waals surface area contributed by atoms with Crippen LogP contribution in [0, 0.1) is 11.8 Å². The molecule has 1 aromatic rings. The largest absolute Gasteiger partial charge is 0.389 e. The highest BCUT2D eigenvalue weighted by Gasteiger charge is 2.22. The lowest BCUT2D eigenvalue weighted by Gasteiger charge is -2.35. The third-order valence-electron chi connectivity index (χ3n) is 4.28. The molecule has 1 atom stereocenters. The summed E-state index contributed by atoms with van der Waals surface area (Å²) in [6, 6.07) is 6.29. The SMILES string of the molecule is CC(C)C1CCN(c2ccc([C@@H](C)O)c(Br)c2)CC1. The molecule has 19 heavy (non-hydrogen) atoms. The van der Waals surface area contributed by atoms with E-state index in [1.165, 1.54) is 18.5 Å². The molecule has 2 nitrogen and oxygen atoms in total. The Morgan fingerprint density at radius 3 is 2.32 bits per heavy atom. The van der Waals surface area contributed by atoms with Crippen molar-refractivity contribution in [2.75, 3.05) is 18.0 Å². The van der Waals surface area contributed by atoms with Crippen molar-refractivity contribution in [3.05, 3.63) is 28.2 Å². The first-order valence-corrected chi connectivity index (χ1v) is 8.00. The van der Waals surface area contributed by atoms with Gasteiger partial charge in [-0.25, -0.2) is 0 Å². The van der Waals surface area contributed by atoms with Crippen molar-refractivity contribution >= 4 is 21.6 Å². The first-order chi connectivity index (χ1) is 8.99. The normalized spacial score (nSPS) is 18.9. The number of benzene rings is 1. The summed E-state index contributed by atoms with van der Waals surface area (Å²) in [6.45, 7) is 8.74. The molecule has 1 aliphatic heterocycles. The first-order valence-electron chi connectivity index (χ1n) is 7.21. The predicted octanol–water partition coefficient (Wildman–Crippen LogP) is 4.37. The van der Waals surface area contributed by atoms with Crippen LogP contribution in [0.15, 0.2) is 22.7 Å². The Labute approximate surface area is 124 Å². The minimum atomic E-state index is -0.421. The Balaban J connectivity index is 2.06. The summed E-state index contributed by atoms with van der Waals surface area (Å²) < 4.78 is 1.01. The maximum Gasteiger partial charge on any atom is 0.0772 e. The quantitative estimate of drug-likeness (QED) is 0.891. The molecule has 0 unspecified atom stereocenters. The van der Waals surface area contributed by atoms with Crippen LogP contribution in [0.2, 0.25) is 0 Å². The van der Waals surface area contributed by atoms with Gasteiger partial charge in [-0.2, -0.15) is 0 Å². The van der Waals surface area contributed by atoms with E-state index in [2.05, 4.69) is 46.8 Å². The van der Waals surface area contributed by atoms with E-state index in [1.54, 1.807) is 6.92 Å². The number of hydrogen-bond acceptors (Lipinski definition) is 2. The molecule has 2 rings (SSSR count). The van der Waals surface area contributed by atoms with Gasteiger partial charge in [-0.15, -0.1) is 0 Å². The van der Waals surface area contributed by atoms with E-state index in [-0.39, 0.29) is 0 Å². The third kappa shape index (κ3) is 3.51. The van der Waals surface area contributed by atoms with Crippen LogP contribution in [0.5, 0.6) is 0 Å². The fraction of sp³-hybridized carbons (Fsp3) is 0.625. The summed E-state index contributed by atoms with van der Waals surface area (Å²) in [7, 11) is 0. The van der Waals surface area contributed by atoms with Crippen molar-refractivity contribution < 1.29 is 5.11 Å².